The number of aromatic nitrogens is 2. The van der Waals surface area contributed by atoms with Crippen molar-refractivity contribution in [2.45, 2.75) is 25.5 Å². The Labute approximate surface area is 120 Å². The number of ether oxygens (including phenoxy) is 2. The van der Waals surface area contributed by atoms with Crippen LogP contribution in [0.25, 0.3) is 10.9 Å². The number of hydrogen-bond acceptors (Lipinski definition) is 3. The minimum absolute atomic E-state index is 0.0315. The van der Waals surface area contributed by atoms with Crippen LogP contribution in [0, 0.1) is 0 Å². The molecule has 1 atom stereocenters. The van der Waals surface area contributed by atoms with E-state index in [-0.39, 0.29) is 6.23 Å². The molecule has 2 heterocycles. The zero-order valence-corrected chi connectivity index (χ0v) is 12.1. The van der Waals surface area contributed by atoms with Gasteiger partial charge in [-0.15, -0.1) is 0 Å². The lowest BCUT2D eigenvalue weighted by atomic mass is 10.2. The molecule has 100 valence electrons. The number of hydrogen-bond donors (Lipinski definition) is 0. The summed E-state index contributed by atoms with van der Waals surface area (Å²) < 4.78 is 14.1. The van der Waals surface area contributed by atoms with Gasteiger partial charge in [-0.2, -0.15) is 5.10 Å². The van der Waals surface area contributed by atoms with Crippen LogP contribution >= 0.6 is 15.9 Å². The Hall–Kier alpha value is -1.33. The Morgan fingerprint density at radius 1 is 1.47 bits per heavy atom. The van der Waals surface area contributed by atoms with Crippen molar-refractivity contribution in [2.24, 2.45) is 0 Å². The van der Waals surface area contributed by atoms with Gasteiger partial charge < -0.3 is 9.47 Å². The third-order valence-electron chi connectivity index (χ3n) is 3.31. The van der Waals surface area contributed by atoms with Crippen molar-refractivity contribution in [1.82, 2.24) is 9.78 Å². The first-order valence-electron chi connectivity index (χ1n) is 6.36. The predicted octanol–water partition coefficient (Wildman–Crippen LogP) is 4.02. The highest BCUT2D eigenvalue weighted by molar-refractivity contribution is 9.10. The zero-order valence-electron chi connectivity index (χ0n) is 10.5. The molecule has 0 radical (unpaired) electrons. The van der Waals surface area contributed by atoms with Crippen LogP contribution in [0.5, 0.6) is 5.75 Å². The van der Waals surface area contributed by atoms with Crippen LogP contribution in [0.3, 0.4) is 0 Å². The van der Waals surface area contributed by atoms with Gasteiger partial charge in [-0.25, -0.2) is 4.68 Å². The third kappa shape index (κ3) is 2.28. The highest BCUT2D eigenvalue weighted by Gasteiger charge is 2.20. The molecule has 0 bridgehead atoms. The van der Waals surface area contributed by atoms with Crippen molar-refractivity contribution in [2.75, 3.05) is 6.61 Å². The van der Waals surface area contributed by atoms with E-state index < -0.39 is 0 Å². The van der Waals surface area contributed by atoms with E-state index in [9.17, 15) is 0 Å². The number of nitrogens with zero attached hydrogens (tertiary/aromatic N) is 2. The fourth-order valence-electron chi connectivity index (χ4n) is 2.42. The summed E-state index contributed by atoms with van der Waals surface area (Å²) in [4.78, 5) is 0. The summed E-state index contributed by atoms with van der Waals surface area (Å²) in [5.41, 5.74) is 1.02. The molecular formula is C14H15BrN2O2. The summed E-state index contributed by atoms with van der Waals surface area (Å²) in [7, 11) is 0. The number of halogens is 1. The third-order valence-corrected chi connectivity index (χ3v) is 3.94. The molecule has 1 aliphatic heterocycles. The van der Waals surface area contributed by atoms with Crippen molar-refractivity contribution in [3.63, 3.8) is 0 Å². The minimum Gasteiger partial charge on any atom is -0.464 e. The molecule has 1 aromatic carbocycles. The molecule has 0 aliphatic carbocycles. The standard InChI is InChI=1S/C14H15BrN2O2/c1-2-18-14-10-9-16-17(12(10)7-6-11(14)15)13-5-3-4-8-19-13/h2,6-7,9,13H,1,3-5,8H2. The van der Waals surface area contributed by atoms with Gasteiger partial charge in [0.25, 0.3) is 0 Å². The van der Waals surface area contributed by atoms with Gasteiger partial charge in [0.15, 0.2) is 12.0 Å². The molecule has 0 N–H and O–H groups in total. The van der Waals surface area contributed by atoms with Crippen LogP contribution in [-0.4, -0.2) is 16.4 Å². The Bertz CT molecular complexity index is 603. The molecule has 19 heavy (non-hydrogen) atoms. The maximum atomic E-state index is 5.79. The Morgan fingerprint density at radius 2 is 2.37 bits per heavy atom. The maximum Gasteiger partial charge on any atom is 0.151 e. The van der Waals surface area contributed by atoms with Crippen molar-refractivity contribution in [1.29, 1.82) is 0 Å². The normalized spacial score (nSPS) is 19.5. The molecule has 2 aromatic rings. The van der Waals surface area contributed by atoms with Gasteiger partial charge in [-0.1, -0.05) is 6.58 Å². The molecule has 1 unspecified atom stereocenters. The lowest BCUT2D eigenvalue weighted by Crippen LogP contribution is -2.18. The van der Waals surface area contributed by atoms with E-state index in [1.165, 1.54) is 12.7 Å². The molecule has 1 fully saturated rings. The smallest absolute Gasteiger partial charge is 0.151 e. The largest absolute Gasteiger partial charge is 0.464 e. The molecule has 3 rings (SSSR count). The van der Waals surface area contributed by atoms with Gasteiger partial charge in [-0.05, 0) is 47.3 Å². The lowest BCUT2D eigenvalue weighted by Gasteiger charge is -2.23. The quantitative estimate of drug-likeness (QED) is 0.801. The summed E-state index contributed by atoms with van der Waals surface area (Å²) in [5, 5.41) is 5.42. The number of rotatable bonds is 3. The average Bonchev–Trinajstić information content (AvgIpc) is 2.87. The summed E-state index contributed by atoms with van der Waals surface area (Å²) in [6.07, 6.45) is 6.59. The van der Waals surface area contributed by atoms with Gasteiger partial charge in [-0.3, -0.25) is 0 Å². The van der Waals surface area contributed by atoms with Crippen molar-refractivity contribution in [3.05, 3.63) is 35.6 Å². The Morgan fingerprint density at radius 3 is 3.11 bits per heavy atom. The van der Waals surface area contributed by atoms with Crippen LogP contribution in [0.15, 0.2) is 35.6 Å². The summed E-state index contributed by atoms with van der Waals surface area (Å²) >= 11 is 3.48. The van der Waals surface area contributed by atoms with Crippen LogP contribution < -0.4 is 4.74 Å². The van der Waals surface area contributed by atoms with Gasteiger partial charge in [0.05, 0.1) is 27.8 Å². The molecule has 0 amide bonds. The SMILES string of the molecule is C=COc1c(Br)ccc2c1cnn2C1CCCCO1. The average molecular weight is 323 g/mol. The lowest BCUT2D eigenvalue weighted by molar-refractivity contribution is -0.0366. The van der Waals surface area contributed by atoms with E-state index in [2.05, 4.69) is 27.6 Å². The van der Waals surface area contributed by atoms with Crippen molar-refractivity contribution in [3.8, 4) is 5.75 Å². The molecule has 1 saturated heterocycles. The molecular weight excluding hydrogens is 308 g/mol. The topological polar surface area (TPSA) is 36.3 Å². The van der Waals surface area contributed by atoms with Gasteiger partial charge >= 0.3 is 0 Å². The first kappa shape index (κ1) is 12.7. The molecule has 1 aliphatic rings. The van der Waals surface area contributed by atoms with Crippen molar-refractivity contribution < 1.29 is 9.47 Å². The Balaban J connectivity index is 2.07. The van der Waals surface area contributed by atoms with Crippen molar-refractivity contribution >= 4 is 26.8 Å². The second-order valence-electron chi connectivity index (χ2n) is 4.50. The second-order valence-corrected chi connectivity index (χ2v) is 5.36. The van der Waals surface area contributed by atoms with Crippen LogP contribution in [0.2, 0.25) is 0 Å². The predicted molar refractivity (Wildman–Crippen MR) is 77.1 cm³/mol. The van der Waals surface area contributed by atoms with E-state index in [0.29, 0.717) is 0 Å². The highest BCUT2D eigenvalue weighted by atomic mass is 79.9. The molecule has 1 aromatic heterocycles. The van der Waals surface area contributed by atoms with E-state index in [4.69, 9.17) is 9.47 Å². The fourth-order valence-corrected chi connectivity index (χ4v) is 2.86. The van der Waals surface area contributed by atoms with Crippen LogP contribution in [0.4, 0.5) is 0 Å². The van der Waals surface area contributed by atoms with Crippen LogP contribution in [-0.2, 0) is 4.74 Å². The number of fused-ring (bicyclic) bond motifs is 1. The second kappa shape index (κ2) is 5.35. The van der Waals surface area contributed by atoms with E-state index in [1.54, 1.807) is 0 Å². The fraction of sp³-hybridized carbons (Fsp3) is 0.357. The summed E-state index contributed by atoms with van der Waals surface area (Å²) in [6.45, 7) is 4.41. The maximum absolute atomic E-state index is 5.79. The summed E-state index contributed by atoms with van der Waals surface area (Å²) in [6, 6.07) is 3.99. The van der Waals surface area contributed by atoms with Crippen LogP contribution in [0.1, 0.15) is 25.5 Å². The van der Waals surface area contributed by atoms with Gasteiger partial charge in [0.1, 0.15) is 0 Å². The van der Waals surface area contributed by atoms with Gasteiger partial charge in [0.2, 0.25) is 0 Å². The number of benzene rings is 1. The summed E-state index contributed by atoms with van der Waals surface area (Å²) in [5.74, 6) is 0.745. The van der Waals surface area contributed by atoms with E-state index in [1.807, 2.05) is 23.0 Å². The van der Waals surface area contributed by atoms with E-state index in [0.717, 1.165) is 40.6 Å². The minimum atomic E-state index is 0.0315. The molecule has 0 spiro atoms. The highest BCUT2D eigenvalue weighted by Crippen LogP contribution is 2.36. The van der Waals surface area contributed by atoms with E-state index >= 15 is 0 Å². The Kier molecular flexibility index (Phi) is 3.57. The first-order chi connectivity index (χ1) is 9.31. The zero-order chi connectivity index (χ0) is 13.2. The monoisotopic (exact) mass is 322 g/mol. The molecule has 4 nitrogen and oxygen atoms in total. The molecule has 0 saturated carbocycles. The first-order valence-corrected chi connectivity index (χ1v) is 7.15. The molecule has 5 heteroatoms. The van der Waals surface area contributed by atoms with Gasteiger partial charge in [0, 0.05) is 6.61 Å².